The fraction of sp³-hybridized carbons (Fsp3) is 0.588. The molecule has 0 heterocycles. The lowest BCUT2D eigenvalue weighted by Gasteiger charge is -2.15. The lowest BCUT2D eigenvalue weighted by atomic mass is 10.1. The summed E-state index contributed by atoms with van der Waals surface area (Å²) < 4.78 is 10.7. The molecule has 1 aromatic carbocycles. The number of hydrogen-bond acceptors (Lipinski definition) is 3. The van der Waals surface area contributed by atoms with E-state index >= 15 is 0 Å². The molecule has 1 unspecified atom stereocenters. The van der Waals surface area contributed by atoms with Crippen LogP contribution in [0.1, 0.15) is 52.4 Å². The number of carbonyl (C=O) groups is 1. The van der Waals surface area contributed by atoms with Gasteiger partial charge in [-0.15, -0.1) is 0 Å². The maximum atomic E-state index is 11.9. The smallest absolute Gasteiger partial charge is 0.347 e. The number of benzene rings is 1. The molecule has 0 aliphatic carbocycles. The lowest BCUT2D eigenvalue weighted by Crippen LogP contribution is -2.26. The normalized spacial score (nSPS) is 12.0. The summed E-state index contributed by atoms with van der Waals surface area (Å²) in [5.41, 5.74) is 0. The van der Waals surface area contributed by atoms with E-state index in [0.29, 0.717) is 27.4 Å². The van der Waals surface area contributed by atoms with Crippen LogP contribution in [0.4, 0.5) is 0 Å². The second kappa shape index (κ2) is 11.0. The predicted octanol–water partition coefficient (Wildman–Crippen LogP) is 6.32. The van der Waals surface area contributed by atoms with Gasteiger partial charge in [-0.3, -0.25) is 0 Å². The first-order valence-corrected chi connectivity index (χ1v) is 9.07. The average molecular weight is 382 g/mol. The fourth-order valence-electron chi connectivity index (χ4n) is 2.01. The zero-order valence-corrected chi connectivity index (χ0v) is 15.8. The molecule has 0 aliphatic rings. The van der Waals surface area contributed by atoms with Crippen molar-refractivity contribution in [2.75, 3.05) is 6.61 Å². The Balaban J connectivity index is 2.33. The van der Waals surface area contributed by atoms with Crippen molar-refractivity contribution >= 4 is 40.8 Å². The van der Waals surface area contributed by atoms with Crippen LogP contribution >= 0.6 is 34.8 Å². The molecule has 0 aromatic heterocycles. The van der Waals surface area contributed by atoms with Crippen LogP contribution in [-0.2, 0) is 9.53 Å². The second-order valence-electron chi connectivity index (χ2n) is 5.39. The summed E-state index contributed by atoms with van der Waals surface area (Å²) in [5.74, 6) is -0.106. The van der Waals surface area contributed by atoms with Crippen LogP contribution in [0.25, 0.3) is 0 Å². The molecule has 1 aromatic rings. The van der Waals surface area contributed by atoms with Gasteiger partial charge >= 0.3 is 5.97 Å². The van der Waals surface area contributed by atoms with Crippen molar-refractivity contribution in [3.8, 4) is 5.75 Å². The van der Waals surface area contributed by atoms with Crippen LogP contribution in [0.3, 0.4) is 0 Å². The Kier molecular flexibility index (Phi) is 9.77. The Morgan fingerprint density at radius 2 is 1.61 bits per heavy atom. The number of unbranched alkanes of at least 4 members (excludes halogenated alkanes) is 5. The first kappa shape index (κ1) is 20.4. The van der Waals surface area contributed by atoms with Gasteiger partial charge in [0.15, 0.2) is 6.10 Å². The molecule has 0 amide bonds. The summed E-state index contributed by atoms with van der Waals surface area (Å²) in [7, 11) is 0. The van der Waals surface area contributed by atoms with E-state index in [0.717, 1.165) is 12.8 Å². The molecule has 130 valence electrons. The van der Waals surface area contributed by atoms with Crippen LogP contribution in [0, 0.1) is 0 Å². The molecule has 3 nitrogen and oxygen atoms in total. The molecule has 0 aliphatic heterocycles. The molecule has 0 saturated carbocycles. The van der Waals surface area contributed by atoms with Gasteiger partial charge in [0.05, 0.1) is 21.7 Å². The summed E-state index contributed by atoms with van der Waals surface area (Å²) in [6.07, 6.45) is 6.08. The monoisotopic (exact) mass is 380 g/mol. The van der Waals surface area contributed by atoms with Crippen LogP contribution < -0.4 is 4.74 Å². The quantitative estimate of drug-likeness (QED) is 0.270. The van der Waals surface area contributed by atoms with Gasteiger partial charge in [0, 0.05) is 6.07 Å². The molecular formula is C17H23Cl3O3. The van der Waals surface area contributed by atoms with Gasteiger partial charge in [-0.05, 0) is 19.4 Å². The summed E-state index contributed by atoms with van der Waals surface area (Å²) in [6.45, 7) is 4.21. The minimum atomic E-state index is -0.759. The zero-order valence-electron chi connectivity index (χ0n) is 13.5. The highest BCUT2D eigenvalue weighted by Crippen LogP contribution is 2.34. The Bertz CT molecular complexity index is 506. The Morgan fingerprint density at radius 1 is 1.00 bits per heavy atom. The van der Waals surface area contributed by atoms with Gasteiger partial charge in [-0.2, -0.15) is 0 Å². The SMILES string of the molecule is CCCCCCCCOC(=O)C(C)Oc1cc(Cl)c(Cl)cc1Cl. The molecule has 1 atom stereocenters. The van der Waals surface area contributed by atoms with Gasteiger partial charge < -0.3 is 9.47 Å². The van der Waals surface area contributed by atoms with Crippen LogP contribution in [0.15, 0.2) is 12.1 Å². The van der Waals surface area contributed by atoms with Gasteiger partial charge in [0.2, 0.25) is 0 Å². The van der Waals surface area contributed by atoms with E-state index < -0.39 is 12.1 Å². The van der Waals surface area contributed by atoms with E-state index in [4.69, 9.17) is 44.3 Å². The Labute approximate surface area is 153 Å². The van der Waals surface area contributed by atoms with Gasteiger partial charge in [0.25, 0.3) is 0 Å². The molecule has 0 spiro atoms. The predicted molar refractivity (Wildman–Crippen MR) is 95.9 cm³/mol. The van der Waals surface area contributed by atoms with Crippen molar-refractivity contribution in [1.82, 2.24) is 0 Å². The number of hydrogen-bond donors (Lipinski definition) is 0. The van der Waals surface area contributed by atoms with Crippen LogP contribution in [0.2, 0.25) is 15.1 Å². The Morgan fingerprint density at radius 3 is 2.30 bits per heavy atom. The highest BCUT2D eigenvalue weighted by atomic mass is 35.5. The molecule has 0 fully saturated rings. The van der Waals surface area contributed by atoms with Gasteiger partial charge in [-0.25, -0.2) is 4.79 Å². The first-order chi connectivity index (χ1) is 11.0. The van der Waals surface area contributed by atoms with E-state index in [-0.39, 0.29) is 0 Å². The molecular weight excluding hydrogens is 359 g/mol. The molecule has 23 heavy (non-hydrogen) atoms. The third-order valence-electron chi connectivity index (χ3n) is 3.35. The average Bonchev–Trinajstić information content (AvgIpc) is 2.51. The number of esters is 1. The molecule has 0 bridgehead atoms. The molecule has 1 rings (SSSR count). The van der Waals surface area contributed by atoms with Crippen molar-refractivity contribution in [2.24, 2.45) is 0 Å². The number of ether oxygens (including phenoxy) is 2. The highest BCUT2D eigenvalue weighted by Gasteiger charge is 2.18. The summed E-state index contributed by atoms with van der Waals surface area (Å²) in [4.78, 5) is 11.9. The zero-order chi connectivity index (χ0) is 17.2. The third kappa shape index (κ3) is 7.65. The summed E-state index contributed by atoms with van der Waals surface area (Å²) >= 11 is 17.8. The largest absolute Gasteiger partial charge is 0.477 e. The Hall–Kier alpha value is -0.640. The van der Waals surface area contributed by atoms with E-state index in [1.54, 1.807) is 6.92 Å². The van der Waals surface area contributed by atoms with Crippen molar-refractivity contribution in [3.63, 3.8) is 0 Å². The molecule has 0 radical (unpaired) electrons. The minimum Gasteiger partial charge on any atom is -0.477 e. The van der Waals surface area contributed by atoms with Crippen molar-refractivity contribution < 1.29 is 14.3 Å². The van der Waals surface area contributed by atoms with Crippen molar-refractivity contribution in [1.29, 1.82) is 0 Å². The second-order valence-corrected chi connectivity index (χ2v) is 6.61. The number of rotatable bonds is 10. The molecule has 0 saturated heterocycles. The van der Waals surface area contributed by atoms with Gasteiger partial charge in [0.1, 0.15) is 5.75 Å². The van der Waals surface area contributed by atoms with Crippen molar-refractivity contribution in [2.45, 2.75) is 58.5 Å². The first-order valence-electron chi connectivity index (χ1n) is 7.93. The maximum absolute atomic E-state index is 11.9. The van der Waals surface area contributed by atoms with E-state index in [2.05, 4.69) is 6.92 Å². The topological polar surface area (TPSA) is 35.5 Å². The van der Waals surface area contributed by atoms with E-state index in [9.17, 15) is 4.79 Å². The number of halogens is 3. The summed E-state index contributed by atoms with van der Waals surface area (Å²) in [5, 5.41) is 0.955. The molecule has 6 heteroatoms. The lowest BCUT2D eigenvalue weighted by molar-refractivity contribution is -0.151. The van der Waals surface area contributed by atoms with E-state index in [1.807, 2.05) is 0 Å². The standard InChI is InChI=1S/C17H23Cl3O3/c1-3-4-5-6-7-8-9-22-17(21)12(2)23-16-11-14(19)13(18)10-15(16)20/h10-12H,3-9H2,1-2H3. The third-order valence-corrected chi connectivity index (χ3v) is 4.37. The summed E-state index contributed by atoms with van der Waals surface area (Å²) in [6, 6.07) is 2.97. The van der Waals surface area contributed by atoms with Crippen LogP contribution in [-0.4, -0.2) is 18.7 Å². The molecule has 0 N–H and O–H groups in total. The maximum Gasteiger partial charge on any atom is 0.347 e. The fourth-order valence-corrected chi connectivity index (χ4v) is 2.59. The van der Waals surface area contributed by atoms with E-state index in [1.165, 1.54) is 37.8 Å². The number of carbonyl (C=O) groups excluding carboxylic acids is 1. The van der Waals surface area contributed by atoms with Crippen molar-refractivity contribution in [3.05, 3.63) is 27.2 Å². The van der Waals surface area contributed by atoms with Gasteiger partial charge in [-0.1, -0.05) is 73.8 Å². The highest BCUT2D eigenvalue weighted by molar-refractivity contribution is 6.43. The minimum absolute atomic E-state index is 0.301. The van der Waals surface area contributed by atoms with Crippen LogP contribution in [0.5, 0.6) is 5.75 Å².